The van der Waals surface area contributed by atoms with Gasteiger partial charge in [0.15, 0.2) is 0 Å². The number of benzene rings is 2. The quantitative estimate of drug-likeness (QED) is 0.511. The van der Waals surface area contributed by atoms with E-state index in [1.54, 1.807) is 0 Å². The van der Waals surface area contributed by atoms with E-state index in [4.69, 9.17) is 4.98 Å². The normalized spacial score (nSPS) is 14.2. The molecule has 1 aromatic heterocycles. The predicted octanol–water partition coefficient (Wildman–Crippen LogP) is 5.99. The molecule has 0 aliphatic carbocycles. The number of hydrogen-bond acceptors (Lipinski definition) is 3. The van der Waals surface area contributed by atoms with Crippen LogP contribution in [0.4, 0.5) is 24.7 Å². The van der Waals surface area contributed by atoms with E-state index in [0.29, 0.717) is 17.7 Å². The molecule has 1 saturated heterocycles. The maximum atomic E-state index is 12.7. The van der Waals surface area contributed by atoms with Gasteiger partial charge in [0.25, 0.3) is 0 Å². The number of nitrogens with one attached hydrogen (secondary N) is 1. The molecule has 0 bridgehead atoms. The number of alkyl halides is 3. The molecule has 0 saturated carbocycles. The van der Waals surface area contributed by atoms with Gasteiger partial charge in [-0.15, -0.1) is 0 Å². The van der Waals surface area contributed by atoms with Gasteiger partial charge in [0.2, 0.25) is 5.91 Å². The lowest BCUT2D eigenvalue weighted by Crippen LogP contribution is -2.19. The van der Waals surface area contributed by atoms with Crippen molar-refractivity contribution in [2.75, 3.05) is 23.3 Å². The summed E-state index contributed by atoms with van der Waals surface area (Å²) < 4.78 is 38.0. The summed E-state index contributed by atoms with van der Waals surface area (Å²) in [5.41, 5.74) is 2.81. The summed E-state index contributed by atoms with van der Waals surface area (Å²) in [6, 6.07) is 12.8. The first-order chi connectivity index (χ1) is 15.3. The average molecular weight is 441 g/mol. The zero-order valence-electron chi connectivity index (χ0n) is 18.0. The molecule has 1 N–H and O–H groups in total. The Balaban J connectivity index is 1.43. The maximum absolute atomic E-state index is 12.7. The van der Waals surface area contributed by atoms with Crippen LogP contribution in [0.25, 0.3) is 10.9 Å². The van der Waals surface area contributed by atoms with Crippen molar-refractivity contribution < 1.29 is 18.0 Å². The summed E-state index contributed by atoms with van der Waals surface area (Å²) in [5, 5.41) is 3.93. The Kier molecular flexibility index (Phi) is 6.35. The van der Waals surface area contributed by atoms with Crippen molar-refractivity contribution >= 4 is 28.3 Å². The number of aromatic nitrogens is 1. The van der Waals surface area contributed by atoms with E-state index in [1.807, 2.05) is 18.2 Å². The van der Waals surface area contributed by atoms with Crippen LogP contribution in [0.5, 0.6) is 0 Å². The van der Waals surface area contributed by atoms with Crippen molar-refractivity contribution in [1.82, 2.24) is 4.98 Å². The Morgan fingerprint density at radius 3 is 2.44 bits per heavy atom. The van der Waals surface area contributed by atoms with Gasteiger partial charge in [-0.05, 0) is 73.2 Å². The summed E-state index contributed by atoms with van der Waals surface area (Å²) in [5.74, 6) is 0.837. The molecule has 1 aliphatic heterocycles. The van der Waals surface area contributed by atoms with Crippen molar-refractivity contribution in [3.8, 4) is 0 Å². The van der Waals surface area contributed by atoms with E-state index in [1.165, 1.54) is 30.5 Å². The molecular weight excluding hydrogens is 415 g/mol. The Morgan fingerprint density at radius 1 is 1.06 bits per heavy atom. The first kappa shape index (κ1) is 22.1. The number of halogens is 3. The first-order valence-electron chi connectivity index (χ1n) is 11.0. The van der Waals surface area contributed by atoms with Gasteiger partial charge in [-0.1, -0.05) is 19.1 Å². The van der Waals surface area contributed by atoms with E-state index < -0.39 is 11.7 Å². The van der Waals surface area contributed by atoms with Crippen molar-refractivity contribution in [3.05, 3.63) is 65.2 Å². The molecule has 7 heteroatoms. The Bertz CT molecular complexity index is 1100. The third kappa shape index (κ3) is 5.03. The molecule has 1 amide bonds. The van der Waals surface area contributed by atoms with E-state index in [-0.39, 0.29) is 12.3 Å². The second-order valence-corrected chi connectivity index (χ2v) is 8.16. The number of pyridine rings is 1. The number of nitrogens with zero attached hydrogens (tertiary/aromatic N) is 2. The number of hydrogen-bond donors (Lipinski definition) is 1. The minimum Gasteiger partial charge on any atom is -0.357 e. The molecule has 0 spiro atoms. The SMILES string of the molecule is CCc1cc(N2CCCC2)nc2ccc(NC(=O)CCc3ccc(C(F)(F)F)cc3)cc12. The molecular formula is C25H26F3N3O. The standard InChI is InChI=1S/C25H26F3N3O/c1-2-18-15-23(31-13-3-4-14-31)30-22-11-10-20(16-21(18)22)29-24(32)12-7-17-5-8-19(9-6-17)25(26,27)28/h5-6,8-11,15-16H,2-4,7,12-14H2,1H3,(H,29,32). The van der Waals surface area contributed by atoms with Crippen LogP contribution in [0.3, 0.4) is 0 Å². The molecule has 0 atom stereocenters. The fourth-order valence-electron chi connectivity index (χ4n) is 4.10. The topological polar surface area (TPSA) is 45.2 Å². The highest BCUT2D eigenvalue weighted by atomic mass is 19.4. The molecule has 32 heavy (non-hydrogen) atoms. The first-order valence-corrected chi connectivity index (χ1v) is 11.0. The van der Waals surface area contributed by atoms with Crippen molar-refractivity contribution in [1.29, 1.82) is 0 Å². The Labute approximate surface area is 185 Å². The van der Waals surface area contributed by atoms with E-state index in [9.17, 15) is 18.0 Å². The number of aryl methyl sites for hydroxylation is 2. The van der Waals surface area contributed by atoms with Crippen LogP contribution < -0.4 is 10.2 Å². The lowest BCUT2D eigenvalue weighted by Gasteiger charge is -2.19. The van der Waals surface area contributed by atoms with Crippen LogP contribution in [0.1, 0.15) is 42.9 Å². The molecule has 3 aromatic rings. The number of carbonyl (C=O) groups excluding carboxylic acids is 1. The highest BCUT2D eigenvalue weighted by Gasteiger charge is 2.29. The van der Waals surface area contributed by atoms with E-state index >= 15 is 0 Å². The molecule has 1 aliphatic rings. The molecule has 168 valence electrons. The molecule has 0 unspecified atom stereocenters. The van der Waals surface area contributed by atoms with Gasteiger partial charge in [-0.25, -0.2) is 4.98 Å². The fraction of sp³-hybridized carbons (Fsp3) is 0.360. The van der Waals surface area contributed by atoms with Gasteiger partial charge < -0.3 is 10.2 Å². The Hall–Kier alpha value is -3.09. The highest BCUT2D eigenvalue weighted by molar-refractivity contribution is 5.95. The second kappa shape index (κ2) is 9.18. The average Bonchev–Trinajstić information content (AvgIpc) is 3.32. The molecule has 4 rings (SSSR count). The largest absolute Gasteiger partial charge is 0.416 e. The van der Waals surface area contributed by atoms with Crippen molar-refractivity contribution in [3.63, 3.8) is 0 Å². The van der Waals surface area contributed by atoms with Crippen LogP contribution in [0, 0.1) is 0 Å². The third-order valence-corrected chi connectivity index (χ3v) is 5.90. The number of fused-ring (bicyclic) bond motifs is 1. The molecule has 2 heterocycles. The second-order valence-electron chi connectivity index (χ2n) is 8.16. The number of rotatable bonds is 6. The van der Waals surface area contributed by atoms with Crippen LogP contribution in [-0.4, -0.2) is 24.0 Å². The van der Waals surface area contributed by atoms with E-state index in [2.05, 4.69) is 23.2 Å². The maximum Gasteiger partial charge on any atom is 0.416 e. The lowest BCUT2D eigenvalue weighted by atomic mass is 10.1. The monoisotopic (exact) mass is 441 g/mol. The molecule has 1 fully saturated rings. The molecule has 4 nitrogen and oxygen atoms in total. The number of anilines is 2. The Morgan fingerprint density at radius 2 is 1.78 bits per heavy atom. The summed E-state index contributed by atoms with van der Waals surface area (Å²) in [6.07, 6.45) is -0.537. The van der Waals surface area contributed by atoms with Crippen molar-refractivity contribution in [2.24, 2.45) is 0 Å². The zero-order valence-corrected chi connectivity index (χ0v) is 18.0. The highest BCUT2D eigenvalue weighted by Crippen LogP contribution is 2.30. The summed E-state index contributed by atoms with van der Waals surface area (Å²) >= 11 is 0. The van der Waals surface area contributed by atoms with Crippen LogP contribution in [0.2, 0.25) is 0 Å². The summed E-state index contributed by atoms with van der Waals surface area (Å²) in [6.45, 7) is 4.18. The van der Waals surface area contributed by atoms with Gasteiger partial charge in [0, 0.05) is 30.6 Å². The number of amides is 1. The van der Waals surface area contributed by atoms with Gasteiger partial charge >= 0.3 is 6.18 Å². The molecule has 2 aromatic carbocycles. The van der Waals surface area contributed by atoms with Gasteiger partial charge in [-0.2, -0.15) is 13.2 Å². The summed E-state index contributed by atoms with van der Waals surface area (Å²) in [7, 11) is 0. The van der Waals surface area contributed by atoms with Gasteiger partial charge in [-0.3, -0.25) is 4.79 Å². The number of carbonyl (C=O) groups is 1. The smallest absolute Gasteiger partial charge is 0.357 e. The van der Waals surface area contributed by atoms with Gasteiger partial charge in [0.05, 0.1) is 11.1 Å². The van der Waals surface area contributed by atoms with Crippen LogP contribution in [-0.2, 0) is 23.8 Å². The van der Waals surface area contributed by atoms with E-state index in [0.717, 1.165) is 48.4 Å². The zero-order chi connectivity index (χ0) is 22.7. The van der Waals surface area contributed by atoms with Gasteiger partial charge in [0.1, 0.15) is 5.82 Å². The van der Waals surface area contributed by atoms with Crippen LogP contribution >= 0.6 is 0 Å². The fourth-order valence-corrected chi connectivity index (χ4v) is 4.10. The third-order valence-electron chi connectivity index (χ3n) is 5.90. The predicted molar refractivity (Wildman–Crippen MR) is 121 cm³/mol. The molecule has 0 radical (unpaired) electrons. The summed E-state index contributed by atoms with van der Waals surface area (Å²) in [4.78, 5) is 19.6. The van der Waals surface area contributed by atoms with Crippen LogP contribution in [0.15, 0.2) is 48.5 Å². The van der Waals surface area contributed by atoms with Crippen molar-refractivity contribution in [2.45, 2.75) is 45.2 Å². The minimum atomic E-state index is -4.35. The lowest BCUT2D eigenvalue weighted by molar-refractivity contribution is -0.137. The minimum absolute atomic E-state index is 0.177.